The molecule has 0 heterocycles. The highest BCUT2D eigenvalue weighted by Gasteiger charge is 2.34. The van der Waals surface area contributed by atoms with Crippen molar-refractivity contribution in [3.8, 4) is 66.8 Å². The molecule has 0 radical (unpaired) electrons. The van der Waals surface area contributed by atoms with Crippen molar-refractivity contribution in [1.29, 1.82) is 0 Å². The van der Waals surface area contributed by atoms with Gasteiger partial charge < -0.3 is 0 Å². The summed E-state index contributed by atoms with van der Waals surface area (Å²) in [5, 5.41) is 0. The summed E-state index contributed by atoms with van der Waals surface area (Å²) in [5.74, 6) is 0. The van der Waals surface area contributed by atoms with Crippen LogP contribution in [0.1, 0.15) is 55.6 Å². The molecule has 9 rings (SSSR count). The van der Waals surface area contributed by atoms with Crippen molar-refractivity contribution >= 4 is 23.1 Å². The average molecular weight is 839 g/mol. The summed E-state index contributed by atoms with van der Waals surface area (Å²) in [7, 11) is 0. The summed E-state index contributed by atoms with van der Waals surface area (Å²) in [4.78, 5) is 0. The maximum atomic E-state index is 2.41. The van der Waals surface area contributed by atoms with E-state index in [0.717, 1.165) is 0 Å². The van der Waals surface area contributed by atoms with Crippen molar-refractivity contribution in [3.63, 3.8) is 0 Å². The summed E-state index contributed by atoms with van der Waals surface area (Å²) in [6.07, 6.45) is 0. The molecule has 0 nitrogen and oxygen atoms in total. The molecule has 0 N–H and O–H groups in total. The van der Waals surface area contributed by atoms with Gasteiger partial charge in [-0.2, -0.15) is 0 Å². The summed E-state index contributed by atoms with van der Waals surface area (Å²) in [6.45, 7) is 23.7. The zero-order valence-corrected chi connectivity index (χ0v) is 39.8. The Bertz CT molecular complexity index is 2820. The second kappa shape index (κ2) is 17.9. The van der Waals surface area contributed by atoms with Crippen molar-refractivity contribution in [2.75, 3.05) is 0 Å². The lowest BCUT2D eigenvalue weighted by Crippen LogP contribution is -2.58. The molecule has 65 heavy (non-hydrogen) atoms. The lowest BCUT2D eigenvalue weighted by Gasteiger charge is -2.31. The van der Waals surface area contributed by atoms with E-state index in [9.17, 15) is 0 Å². The monoisotopic (exact) mass is 838 g/mol. The Morgan fingerprint density at radius 1 is 0.215 bits per heavy atom. The first kappa shape index (κ1) is 43.3. The maximum Gasteiger partial charge on any atom is 0.243 e. The lowest BCUT2D eigenvalue weighted by molar-refractivity contribution is 1.26. The van der Waals surface area contributed by atoms with Crippen LogP contribution in [0.15, 0.2) is 176 Å². The van der Waals surface area contributed by atoms with Crippen LogP contribution in [-0.2, 0) is 0 Å². The number of hydrogen-bond donors (Lipinski definition) is 0. The zero-order chi connectivity index (χ0) is 45.5. The second-order valence-electron chi connectivity index (χ2n) is 18.4. The van der Waals surface area contributed by atoms with Gasteiger partial charge in [-0.05, 0) is 195 Å². The summed E-state index contributed by atoms with van der Waals surface area (Å²) in [6, 6.07) is 64.5. The van der Waals surface area contributed by atoms with Gasteiger partial charge in [-0.25, -0.2) is 0 Å². The van der Waals surface area contributed by atoms with Gasteiger partial charge in [0.1, 0.15) is 0 Å². The fourth-order valence-electron chi connectivity index (χ4n) is 10.9. The first-order valence-electron chi connectivity index (χ1n) is 23.2. The van der Waals surface area contributed by atoms with Crippen LogP contribution in [0.5, 0.6) is 0 Å². The van der Waals surface area contributed by atoms with Gasteiger partial charge in [0.05, 0.1) is 0 Å². The van der Waals surface area contributed by atoms with E-state index >= 15 is 0 Å². The molecule has 0 unspecified atom stereocenters. The molecule has 0 aliphatic rings. The zero-order valence-electron chi connectivity index (χ0n) is 39.8. The number of aryl methyl sites for hydroxylation is 2. The van der Waals surface area contributed by atoms with Gasteiger partial charge in [0.15, 0.2) is 0 Å². The number of benzene rings is 9. The largest absolute Gasteiger partial charge is 0.243 e. The van der Waals surface area contributed by atoms with E-state index in [1.807, 2.05) is 0 Å². The van der Waals surface area contributed by atoms with E-state index in [0.29, 0.717) is 0 Å². The predicted molar refractivity (Wildman–Crippen MR) is 284 cm³/mol. The van der Waals surface area contributed by atoms with Crippen LogP contribution in [0.2, 0.25) is 0 Å². The summed E-state index contributed by atoms with van der Waals surface area (Å²) >= 11 is 0. The SMILES string of the molecule is Cc1cccc(C)c1B(c1c(C)c(C)c(-c2cc(-c3ccccc3)cc(-c3ccccc3)c2)c(C)c1C)c1c(C)c(C)c(-c2cc(-c3ccccc3)cc(-c3ccccc3)c2)c(C)c1C. The van der Waals surface area contributed by atoms with Crippen LogP contribution in [0.3, 0.4) is 0 Å². The van der Waals surface area contributed by atoms with Gasteiger partial charge in [-0.3, -0.25) is 0 Å². The van der Waals surface area contributed by atoms with Gasteiger partial charge in [0, 0.05) is 0 Å². The second-order valence-corrected chi connectivity index (χ2v) is 18.4. The highest BCUT2D eigenvalue weighted by molar-refractivity contribution is 6.97. The van der Waals surface area contributed by atoms with Crippen molar-refractivity contribution in [3.05, 3.63) is 232 Å². The first-order chi connectivity index (χ1) is 31.4. The van der Waals surface area contributed by atoms with E-state index in [2.05, 4.69) is 245 Å². The average Bonchev–Trinajstić information content (AvgIpc) is 3.33. The van der Waals surface area contributed by atoms with Crippen LogP contribution >= 0.6 is 0 Å². The normalized spacial score (nSPS) is 11.2. The topological polar surface area (TPSA) is 0 Å². The molecule has 0 saturated carbocycles. The van der Waals surface area contributed by atoms with Crippen LogP contribution in [-0.4, -0.2) is 6.71 Å². The van der Waals surface area contributed by atoms with E-state index in [4.69, 9.17) is 0 Å². The highest BCUT2D eigenvalue weighted by atomic mass is 14.3. The molecule has 0 saturated heterocycles. The van der Waals surface area contributed by atoms with Gasteiger partial charge in [0.25, 0.3) is 0 Å². The van der Waals surface area contributed by atoms with Crippen LogP contribution in [0.25, 0.3) is 66.8 Å². The third-order valence-electron chi connectivity index (χ3n) is 14.6. The molecule has 1 heteroatoms. The van der Waals surface area contributed by atoms with E-state index in [-0.39, 0.29) is 6.71 Å². The first-order valence-corrected chi connectivity index (χ1v) is 23.2. The fraction of sp³-hybridized carbons (Fsp3) is 0.156. The molecule has 9 aromatic carbocycles. The molecule has 0 spiro atoms. The molecule has 0 aliphatic heterocycles. The maximum absolute atomic E-state index is 2.41. The van der Waals surface area contributed by atoms with Crippen LogP contribution in [0.4, 0.5) is 0 Å². The van der Waals surface area contributed by atoms with Gasteiger partial charge in [0.2, 0.25) is 6.71 Å². The summed E-state index contributed by atoms with van der Waals surface area (Å²) < 4.78 is 0. The molecule has 0 atom stereocenters. The minimum atomic E-state index is 0.0418. The molecule has 0 fully saturated rings. The lowest BCUT2D eigenvalue weighted by atomic mass is 9.32. The van der Waals surface area contributed by atoms with Crippen LogP contribution < -0.4 is 16.4 Å². The quantitative estimate of drug-likeness (QED) is 0.127. The molecular weight excluding hydrogens is 780 g/mol. The molecule has 0 aromatic heterocycles. The number of rotatable bonds is 9. The minimum Gasteiger partial charge on any atom is -0.0629 e. The van der Waals surface area contributed by atoms with Gasteiger partial charge in [-0.1, -0.05) is 189 Å². The third kappa shape index (κ3) is 7.99. The van der Waals surface area contributed by atoms with Crippen LogP contribution in [0, 0.1) is 69.2 Å². The van der Waals surface area contributed by atoms with Crippen molar-refractivity contribution < 1.29 is 0 Å². The minimum absolute atomic E-state index is 0.0418. The highest BCUT2D eigenvalue weighted by Crippen LogP contribution is 2.40. The molecule has 9 aromatic rings. The number of hydrogen-bond acceptors (Lipinski definition) is 0. The Kier molecular flexibility index (Phi) is 11.9. The standard InChI is InChI=1S/C64H59B/c1-40-24-23-25-41(2)62(40)65(63-46(7)42(3)60(43(4)47(63)8)58-36-54(50-26-15-11-16-27-50)34-55(37-58)51-28-17-12-18-29-51)64-48(9)44(5)61(45(6)49(64)10)59-38-56(52-30-19-13-20-31-52)35-57(39-59)53-32-21-14-22-33-53/h11-39H,1-10H3. The smallest absolute Gasteiger partial charge is 0.0629 e. The van der Waals surface area contributed by atoms with Crippen molar-refractivity contribution in [1.82, 2.24) is 0 Å². The van der Waals surface area contributed by atoms with Gasteiger partial charge >= 0.3 is 0 Å². The Labute approximate surface area is 388 Å². The van der Waals surface area contributed by atoms with Crippen molar-refractivity contribution in [2.24, 2.45) is 0 Å². The molecule has 0 aliphatic carbocycles. The Balaban J connectivity index is 1.28. The Hall–Kier alpha value is -6.96. The fourth-order valence-corrected chi connectivity index (χ4v) is 10.9. The summed E-state index contributed by atoms with van der Waals surface area (Å²) in [5.41, 5.74) is 32.8. The van der Waals surface area contributed by atoms with E-state index in [1.165, 1.54) is 139 Å². The third-order valence-corrected chi connectivity index (χ3v) is 14.6. The Morgan fingerprint density at radius 3 is 0.723 bits per heavy atom. The van der Waals surface area contributed by atoms with Crippen molar-refractivity contribution in [2.45, 2.75) is 69.2 Å². The molecule has 0 bridgehead atoms. The Morgan fingerprint density at radius 2 is 0.462 bits per heavy atom. The van der Waals surface area contributed by atoms with Gasteiger partial charge in [-0.15, -0.1) is 0 Å². The predicted octanol–water partition coefficient (Wildman–Crippen LogP) is 15.3. The van der Waals surface area contributed by atoms with E-state index < -0.39 is 0 Å². The molecule has 0 amide bonds. The molecule has 318 valence electrons. The van der Waals surface area contributed by atoms with E-state index in [1.54, 1.807) is 0 Å². The molecular formula is C64H59B.